The number of aryl methyl sites for hydroxylation is 1. The minimum Gasteiger partial charge on any atom is -0.360 e. The van der Waals surface area contributed by atoms with E-state index in [9.17, 15) is 9.65 Å². The quantitative estimate of drug-likeness (QED) is 0.583. The maximum absolute atomic E-state index is 13.4. The molecule has 0 amide bonds. The molecule has 1 aromatic heterocycles. The second-order valence-corrected chi connectivity index (χ2v) is 6.61. The normalized spacial score (nSPS) is 11.2. The van der Waals surface area contributed by atoms with E-state index in [4.69, 9.17) is 11.6 Å². The lowest BCUT2D eigenvalue weighted by Gasteiger charge is -2.05. The molecule has 0 saturated carbocycles. The molecule has 0 bridgehead atoms. The fraction of sp³-hybridized carbons (Fsp3) is 0.0526. The van der Waals surface area contributed by atoms with Crippen molar-refractivity contribution in [3.63, 3.8) is 0 Å². The largest absolute Gasteiger partial charge is 0.360 e. The van der Waals surface area contributed by atoms with Crippen molar-refractivity contribution in [3.05, 3.63) is 75.5 Å². The number of aromatic nitrogens is 1. The number of benzene rings is 2. The fourth-order valence-corrected chi connectivity index (χ4v) is 3.11. The standard InChI is InChI=1S/C19H13ClFN3S/c1-12-2-7-16(21)8-17(12)23-10-14(9-22)19-24-18(11-25-19)13-3-5-15(20)6-4-13/h2-8,10-11,23H,1H3/b14-10+. The molecule has 0 aliphatic carbocycles. The van der Waals surface area contributed by atoms with Gasteiger partial charge in [-0.2, -0.15) is 5.26 Å². The van der Waals surface area contributed by atoms with Crippen LogP contribution in [0.15, 0.2) is 54.0 Å². The van der Waals surface area contributed by atoms with Gasteiger partial charge in [0.25, 0.3) is 0 Å². The van der Waals surface area contributed by atoms with E-state index < -0.39 is 0 Å². The molecule has 124 valence electrons. The molecular weight excluding hydrogens is 357 g/mol. The number of halogens is 2. The van der Waals surface area contributed by atoms with E-state index >= 15 is 0 Å². The lowest BCUT2D eigenvalue weighted by Crippen LogP contribution is -1.94. The summed E-state index contributed by atoms with van der Waals surface area (Å²) in [5.74, 6) is -0.334. The summed E-state index contributed by atoms with van der Waals surface area (Å²) >= 11 is 7.27. The van der Waals surface area contributed by atoms with Crippen LogP contribution < -0.4 is 5.32 Å². The molecule has 3 nitrogen and oxygen atoms in total. The predicted octanol–water partition coefficient (Wildman–Crippen LogP) is 5.89. The van der Waals surface area contributed by atoms with E-state index in [1.807, 2.05) is 24.4 Å². The molecule has 1 heterocycles. The van der Waals surface area contributed by atoms with Gasteiger partial charge in [0.2, 0.25) is 0 Å². The fourth-order valence-electron chi connectivity index (χ4n) is 2.19. The number of hydrogen-bond acceptors (Lipinski definition) is 4. The van der Waals surface area contributed by atoms with Crippen LogP contribution in [-0.4, -0.2) is 4.98 Å². The first-order chi connectivity index (χ1) is 12.1. The smallest absolute Gasteiger partial charge is 0.136 e. The molecule has 0 aliphatic heterocycles. The molecule has 2 aromatic carbocycles. The highest BCUT2D eigenvalue weighted by Gasteiger charge is 2.09. The minimum atomic E-state index is -0.334. The molecule has 25 heavy (non-hydrogen) atoms. The lowest BCUT2D eigenvalue weighted by molar-refractivity contribution is 0.628. The Hall–Kier alpha value is -2.68. The zero-order valence-electron chi connectivity index (χ0n) is 13.3. The molecule has 0 spiro atoms. The van der Waals surface area contributed by atoms with Gasteiger partial charge in [-0.15, -0.1) is 11.3 Å². The Morgan fingerprint density at radius 1 is 1.28 bits per heavy atom. The van der Waals surface area contributed by atoms with Gasteiger partial charge in [0.1, 0.15) is 22.5 Å². The van der Waals surface area contributed by atoms with Gasteiger partial charge in [-0.1, -0.05) is 29.8 Å². The van der Waals surface area contributed by atoms with Crippen LogP contribution in [0.1, 0.15) is 10.6 Å². The van der Waals surface area contributed by atoms with Crippen LogP contribution in [0.3, 0.4) is 0 Å². The van der Waals surface area contributed by atoms with E-state index in [0.29, 0.717) is 21.3 Å². The number of thiazole rings is 1. The van der Waals surface area contributed by atoms with Crippen LogP contribution in [-0.2, 0) is 0 Å². The first-order valence-corrected chi connectivity index (χ1v) is 8.67. The summed E-state index contributed by atoms with van der Waals surface area (Å²) in [6.07, 6.45) is 1.55. The number of nitrogens with zero attached hydrogens (tertiary/aromatic N) is 2. The second-order valence-electron chi connectivity index (χ2n) is 5.32. The summed E-state index contributed by atoms with van der Waals surface area (Å²) in [7, 11) is 0. The summed E-state index contributed by atoms with van der Waals surface area (Å²) < 4.78 is 13.4. The third-order valence-corrected chi connectivity index (χ3v) is 4.69. The number of hydrogen-bond donors (Lipinski definition) is 1. The molecule has 1 N–H and O–H groups in total. The molecule has 3 aromatic rings. The van der Waals surface area contributed by atoms with Crippen molar-refractivity contribution < 1.29 is 4.39 Å². The Kier molecular flexibility index (Phi) is 5.13. The summed E-state index contributed by atoms with van der Waals surface area (Å²) in [4.78, 5) is 4.50. The lowest BCUT2D eigenvalue weighted by atomic mass is 10.2. The van der Waals surface area contributed by atoms with Gasteiger partial charge < -0.3 is 5.32 Å². The van der Waals surface area contributed by atoms with Gasteiger partial charge in [-0.05, 0) is 36.8 Å². The summed E-state index contributed by atoms with van der Waals surface area (Å²) in [5.41, 5.74) is 3.59. The maximum atomic E-state index is 13.4. The first kappa shape index (κ1) is 17.2. The summed E-state index contributed by atoms with van der Waals surface area (Å²) in [5, 5.41) is 15.5. The van der Waals surface area contributed by atoms with E-state index in [2.05, 4.69) is 16.4 Å². The van der Waals surface area contributed by atoms with Crippen LogP contribution in [0.4, 0.5) is 10.1 Å². The van der Waals surface area contributed by atoms with Gasteiger partial charge in [0.15, 0.2) is 0 Å². The molecule has 0 fully saturated rings. The van der Waals surface area contributed by atoms with Crippen LogP contribution >= 0.6 is 22.9 Å². The van der Waals surface area contributed by atoms with E-state index in [1.165, 1.54) is 23.5 Å². The molecule has 0 atom stereocenters. The summed E-state index contributed by atoms with van der Waals surface area (Å²) in [6, 6.07) is 14.0. The van der Waals surface area contributed by atoms with Gasteiger partial charge in [0, 0.05) is 27.9 Å². The molecule has 3 rings (SSSR count). The monoisotopic (exact) mass is 369 g/mol. The third kappa shape index (κ3) is 4.05. The van der Waals surface area contributed by atoms with Gasteiger partial charge in [-0.3, -0.25) is 0 Å². The van der Waals surface area contributed by atoms with Crippen LogP contribution in [0.2, 0.25) is 5.02 Å². The second kappa shape index (κ2) is 7.47. The summed E-state index contributed by atoms with van der Waals surface area (Å²) in [6.45, 7) is 1.86. The number of nitrogens with one attached hydrogen (secondary N) is 1. The van der Waals surface area contributed by atoms with Crippen molar-refractivity contribution in [2.75, 3.05) is 5.32 Å². The Morgan fingerprint density at radius 2 is 2.04 bits per heavy atom. The number of allylic oxidation sites excluding steroid dienone is 1. The van der Waals surface area contributed by atoms with E-state index in [1.54, 1.807) is 24.4 Å². The predicted molar refractivity (Wildman–Crippen MR) is 101 cm³/mol. The zero-order chi connectivity index (χ0) is 17.8. The maximum Gasteiger partial charge on any atom is 0.136 e. The Morgan fingerprint density at radius 3 is 2.76 bits per heavy atom. The Balaban J connectivity index is 1.85. The van der Waals surface area contributed by atoms with Gasteiger partial charge >= 0.3 is 0 Å². The van der Waals surface area contributed by atoms with Crippen molar-refractivity contribution in [1.29, 1.82) is 5.26 Å². The average Bonchev–Trinajstić information content (AvgIpc) is 3.09. The van der Waals surface area contributed by atoms with Crippen LogP contribution in [0, 0.1) is 24.1 Å². The molecule has 6 heteroatoms. The SMILES string of the molecule is Cc1ccc(F)cc1N/C=C(\C#N)c1nc(-c2ccc(Cl)cc2)cs1. The third-order valence-electron chi connectivity index (χ3n) is 3.57. The highest BCUT2D eigenvalue weighted by Crippen LogP contribution is 2.27. The Labute approximate surface area is 154 Å². The molecule has 0 aliphatic rings. The van der Waals surface area contributed by atoms with Gasteiger partial charge in [-0.25, -0.2) is 9.37 Å². The van der Waals surface area contributed by atoms with Crippen molar-refractivity contribution in [2.24, 2.45) is 0 Å². The van der Waals surface area contributed by atoms with Crippen molar-refractivity contribution in [3.8, 4) is 17.3 Å². The highest BCUT2D eigenvalue weighted by molar-refractivity contribution is 7.11. The topological polar surface area (TPSA) is 48.7 Å². The molecule has 0 unspecified atom stereocenters. The number of rotatable bonds is 4. The Bertz CT molecular complexity index is 971. The molecule has 0 radical (unpaired) electrons. The van der Waals surface area contributed by atoms with Crippen molar-refractivity contribution in [2.45, 2.75) is 6.92 Å². The highest BCUT2D eigenvalue weighted by atomic mass is 35.5. The first-order valence-electron chi connectivity index (χ1n) is 7.41. The van der Waals surface area contributed by atoms with Gasteiger partial charge in [0.05, 0.1) is 5.69 Å². The zero-order valence-corrected chi connectivity index (χ0v) is 14.8. The van der Waals surface area contributed by atoms with Crippen LogP contribution in [0.5, 0.6) is 0 Å². The van der Waals surface area contributed by atoms with Crippen molar-refractivity contribution in [1.82, 2.24) is 4.98 Å². The van der Waals surface area contributed by atoms with Crippen molar-refractivity contribution >= 4 is 34.2 Å². The van der Waals surface area contributed by atoms with E-state index in [-0.39, 0.29) is 5.82 Å². The molecule has 0 saturated heterocycles. The minimum absolute atomic E-state index is 0.334. The number of nitriles is 1. The van der Waals surface area contributed by atoms with Crippen LogP contribution in [0.25, 0.3) is 16.8 Å². The average molecular weight is 370 g/mol. The molecular formula is C19H13ClFN3S. The number of anilines is 1. The van der Waals surface area contributed by atoms with E-state index in [0.717, 1.165) is 16.8 Å².